The van der Waals surface area contributed by atoms with Crippen molar-refractivity contribution in [2.24, 2.45) is 0 Å². The molecule has 0 unspecified atom stereocenters. The van der Waals surface area contributed by atoms with Crippen molar-refractivity contribution in [2.45, 2.75) is 13.3 Å². The van der Waals surface area contributed by atoms with E-state index in [0.717, 1.165) is 12.2 Å². The van der Waals surface area contributed by atoms with Crippen LogP contribution in [0.25, 0.3) is 0 Å². The Labute approximate surface area is 112 Å². The molecule has 1 N–H and O–H groups in total. The van der Waals surface area contributed by atoms with E-state index >= 15 is 0 Å². The molecule has 0 fully saturated rings. The van der Waals surface area contributed by atoms with Crippen LogP contribution in [0, 0.1) is 6.92 Å². The van der Waals surface area contributed by atoms with E-state index in [0.29, 0.717) is 13.2 Å². The molecule has 0 bridgehead atoms. The van der Waals surface area contributed by atoms with E-state index in [1.807, 2.05) is 31.2 Å². The van der Waals surface area contributed by atoms with Gasteiger partial charge < -0.3 is 14.6 Å². The summed E-state index contributed by atoms with van der Waals surface area (Å²) in [6.07, 6.45) is 2.31. The highest BCUT2D eigenvalue weighted by atomic mass is 16.5. The number of ether oxygens (including phenoxy) is 2. The number of rotatable bonds is 6. The molecular formula is C15H17NO3. The van der Waals surface area contributed by atoms with Crippen LogP contribution < -0.4 is 9.47 Å². The smallest absolute Gasteiger partial charge is 0.256 e. The molecule has 2 aromatic rings. The Bertz CT molecular complexity index is 528. The van der Waals surface area contributed by atoms with Gasteiger partial charge in [-0.3, -0.25) is 0 Å². The van der Waals surface area contributed by atoms with Gasteiger partial charge in [0, 0.05) is 12.6 Å². The lowest BCUT2D eigenvalue weighted by Gasteiger charge is -2.08. The Kier molecular flexibility index (Phi) is 4.61. The van der Waals surface area contributed by atoms with E-state index in [1.165, 1.54) is 5.56 Å². The van der Waals surface area contributed by atoms with Crippen molar-refractivity contribution in [2.75, 3.05) is 13.2 Å². The Morgan fingerprint density at radius 2 is 1.95 bits per heavy atom. The topological polar surface area (TPSA) is 51.6 Å². The van der Waals surface area contributed by atoms with Gasteiger partial charge in [-0.15, -0.1) is 0 Å². The maximum atomic E-state index is 9.46. The first-order valence-corrected chi connectivity index (χ1v) is 6.22. The minimum atomic E-state index is 0.0575. The van der Waals surface area contributed by atoms with E-state index in [1.54, 1.807) is 18.3 Å². The van der Waals surface area contributed by atoms with Gasteiger partial charge in [-0.1, -0.05) is 12.1 Å². The minimum Gasteiger partial charge on any atom is -0.503 e. The first kappa shape index (κ1) is 13.2. The molecule has 4 heteroatoms. The summed E-state index contributed by atoms with van der Waals surface area (Å²) in [5, 5.41) is 9.46. The van der Waals surface area contributed by atoms with Gasteiger partial charge in [0.05, 0.1) is 13.2 Å². The lowest BCUT2D eigenvalue weighted by Crippen LogP contribution is -2.05. The lowest BCUT2D eigenvalue weighted by molar-refractivity contribution is 0.235. The van der Waals surface area contributed by atoms with Gasteiger partial charge in [-0.05, 0) is 36.8 Å². The zero-order chi connectivity index (χ0) is 13.5. The Balaban J connectivity index is 1.69. The van der Waals surface area contributed by atoms with Crippen LogP contribution in [0.2, 0.25) is 0 Å². The Morgan fingerprint density at radius 3 is 2.74 bits per heavy atom. The molecule has 1 aromatic heterocycles. The summed E-state index contributed by atoms with van der Waals surface area (Å²) in [6.45, 7) is 3.05. The zero-order valence-electron chi connectivity index (χ0n) is 10.9. The summed E-state index contributed by atoms with van der Waals surface area (Å²) >= 11 is 0. The molecule has 0 aliphatic rings. The number of nitrogens with zero attached hydrogens (tertiary/aromatic N) is 1. The van der Waals surface area contributed by atoms with Crippen LogP contribution in [0.15, 0.2) is 42.6 Å². The highest BCUT2D eigenvalue weighted by Crippen LogP contribution is 2.21. The third-order valence-electron chi connectivity index (χ3n) is 2.54. The van der Waals surface area contributed by atoms with Crippen molar-refractivity contribution in [3.63, 3.8) is 0 Å². The standard InChI is InChI=1S/C15H17NO3/c1-12-5-2-6-13(11-12)18-9-4-10-19-15-14(17)7-3-8-16-15/h2-3,5-8,11,17H,4,9-10H2,1H3. The third kappa shape index (κ3) is 4.17. The molecule has 1 aromatic carbocycles. The van der Waals surface area contributed by atoms with Crippen LogP contribution in [-0.2, 0) is 0 Å². The maximum Gasteiger partial charge on any atom is 0.256 e. The summed E-state index contributed by atoms with van der Waals surface area (Å²) in [5.41, 5.74) is 1.17. The second-order valence-electron chi connectivity index (χ2n) is 4.19. The van der Waals surface area contributed by atoms with Gasteiger partial charge in [-0.25, -0.2) is 4.98 Å². The molecule has 0 amide bonds. The van der Waals surface area contributed by atoms with Gasteiger partial charge in [0.25, 0.3) is 5.88 Å². The van der Waals surface area contributed by atoms with Crippen molar-refractivity contribution < 1.29 is 14.6 Å². The fraction of sp³-hybridized carbons (Fsp3) is 0.267. The van der Waals surface area contributed by atoms with E-state index in [9.17, 15) is 5.11 Å². The van der Waals surface area contributed by atoms with Gasteiger partial charge >= 0.3 is 0 Å². The Hall–Kier alpha value is -2.23. The molecule has 2 rings (SSSR count). The SMILES string of the molecule is Cc1cccc(OCCCOc2ncccc2O)c1. The molecule has 100 valence electrons. The number of aryl methyl sites for hydroxylation is 1. The summed E-state index contributed by atoms with van der Waals surface area (Å²) in [4.78, 5) is 3.93. The van der Waals surface area contributed by atoms with Gasteiger partial charge in [-0.2, -0.15) is 0 Å². The van der Waals surface area contributed by atoms with Crippen LogP contribution in [0.4, 0.5) is 0 Å². The largest absolute Gasteiger partial charge is 0.503 e. The van der Waals surface area contributed by atoms with Crippen LogP contribution in [0.1, 0.15) is 12.0 Å². The predicted octanol–water partition coefficient (Wildman–Crippen LogP) is 2.94. The van der Waals surface area contributed by atoms with Crippen molar-refractivity contribution in [1.82, 2.24) is 4.98 Å². The van der Waals surface area contributed by atoms with Crippen molar-refractivity contribution >= 4 is 0 Å². The molecule has 0 aliphatic carbocycles. The number of hydrogen-bond acceptors (Lipinski definition) is 4. The monoisotopic (exact) mass is 259 g/mol. The number of hydrogen-bond donors (Lipinski definition) is 1. The second-order valence-corrected chi connectivity index (χ2v) is 4.19. The van der Waals surface area contributed by atoms with Crippen molar-refractivity contribution in [3.8, 4) is 17.4 Å². The van der Waals surface area contributed by atoms with Gasteiger partial charge in [0.15, 0.2) is 5.75 Å². The molecule has 0 aliphatic heterocycles. The van der Waals surface area contributed by atoms with Gasteiger partial charge in [0.2, 0.25) is 0 Å². The maximum absolute atomic E-state index is 9.46. The Morgan fingerprint density at radius 1 is 1.11 bits per heavy atom. The average Bonchev–Trinajstić information content (AvgIpc) is 2.40. The van der Waals surface area contributed by atoms with Crippen molar-refractivity contribution in [1.29, 1.82) is 0 Å². The first-order chi connectivity index (χ1) is 9.25. The fourth-order valence-electron chi connectivity index (χ4n) is 1.62. The molecule has 0 spiro atoms. The van der Waals surface area contributed by atoms with E-state index in [4.69, 9.17) is 9.47 Å². The highest BCUT2D eigenvalue weighted by molar-refractivity contribution is 5.30. The second kappa shape index (κ2) is 6.64. The summed E-state index contributed by atoms with van der Waals surface area (Å²) < 4.78 is 10.9. The molecule has 0 atom stereocenters. The zero-order valence-corrected chi connectivity index (χ0v) is 10.9. The summed E-state index contributed by atoms with van der Waals surface area (Å²) in [6, 6.07) is 11.1. The van der Waals surface area contributed by atoms with Crippen LogP contribution in [-0.4, -0.2) is 23.3 Å². The predicted molar refractivity (Wildman–Crippen MR) is 72.7 cm³/mol. The molecule has 0 saturated carbocycles. The normalized spacial score (nSPS) is 10.2. The van der Waals surface area contributed by atoms with E-state index < -0.39 is 0 Å². The van der Waals surface area contributed by atoms with Crippen LogP contribution in [0.3, 0.4) is 0 Å². The molecule has 19 heavy (non-hydrogen) atoms. The summed E-state index contributed by atoms with van der Waals surface area (Å²) in [7, 11) is 0. The fourth-order valence-corrected chi connectivity index (χ4v) is 1.62. The highest BCUT2D eigenvalue weighted by Gasteiger charge is 2.01. The molecule has 0 saturated heterocycles. The number of pyridine rings is 1. The first-order valence-electron chi connectivity index (χ1n) is 6.22. The van der Waals surface area contributed by atoms with Crippen LogP contribution in [0.5, 0.6) is 17.4 Å². The summed E-state index contributed by atoms with van der Waals surface area (Å²) in [5.74, 6) is 1.18. The molecular weight excluding hydrogens is 242 g/mol. The van der Waals surface area contributed by atoms with Crippen LogP contribution >= 0.6 is 0 Å². The van der Waals surface area contributed by atoms with Crippen molar-refractivity contribution in [3.05, 3.63) is 48.2 Å². The number of aromatic hydroxyl groups is 1. The third-order valence-corrected chi connectivity index (χ3v) is 2.54. The minimum absolute atomic E-state index is 0.0575. The lowest BCUT2D eigenvalue weighted by atomic mass is 10.2. The molecule has 4 nitrogen and oxygen atoms in total. The van der Waals surface area contributed by atoms with Gasteiger partial charge in [0.1, 0.15) is 5.75 Å². The van der Waals surface area contributed by atoms with E-state index in [2.05, 4.69) is 4.98 Å². The number of aromatic nitrogens is 1. The average molecular weight is 259 g/mol. The quantitative estimate of drug-likeness (QED) is 0.810. The number of benzene rings is 1. The molecule has 1 heterocycles. The molecule has 0 radical (unpaired) electrons. The van der Waals surface area contributed by atoms with E-state index in [-0.39, 0.29) is 11.6 Å².